The van der Waals surface area contributed by atoms with Gasteiger partial charge < -0.3 is 10.5 Å². The number of hydrogen-bond acceptors (Lipinski definition) is 3. The first-order valence-electron chi connectivity index (χ1n) is 8.07. The third-order valence-electron chi connectivity index (χ3n) is 6.20. The van der Waals surface area contributed by atoms with Gasteiger partial charge in [-0.05, 0) is 61.3 Å². The molecule has 0 heterocycles. The lowest BCUT2D eigenvalue weighted by molar-refractivity contribution is -0.162. The predicted octanol–water partition coefficient (Wildman–Crippen LogP) is 2.73. The predicted molar refractivity (Wildman–Crippen MR) is 74.4 cm³/mol. The lowest BCUT2D eigenvalue weighted by Crippen LogP contribution is -2.59. The van der Waals surface area contributed by atoms with Gasteiger partial charge in [-0.15, -0.1) is 0 Å². The minimum Gasteiger partial charge on any atom is -0.466 e. The molecule has 3 saturated carbocycles. The van der Waals surface area contributed by atoms with E-state index in [9.17, 15) is 4.79 Å². The number of rotatable bonds is 6. The van der Waals surface area contributed by atoms with Crippen LogP contribution >= 0.6 is 0 Å². The number of fused-ring (bicyclic) bond motifs is 1. The fourth-order valence-electron chi connectivity index (χ4n) is 5.31. The third kappa shape index (κ3) is 2.01. The molecule has 3 aliphatic rings. The summed E-state index contributed by atoms with van der Waals surface area (Å²) in [4.78, 5) is 12.1. The number of unbranched alkanes of at least 4 members (excludes halogenated alkanes) is 1. The first kappa shape index (κ1) is 13.4. The molecular weight excluding hydrogens is 238 g/mol. The molecule has 3 heteroatoms. The van der Waals surface area contributed by atoms with Crippen LogP contribution in [0.3, 0.4) is 0 Å². The maximum atomic E-state index is 12.1. The van der Waals surface area contributed by atoms with Crippen LogP contribution in [0.15, 0.2) is 0 Å². The van der Waals surface area contributed by atoms with Gasteiger partial charge in [0, 0.05) is 0 Å². The molecule has 0 unspecified atom stereocenters. The van der Waals surface area contributed by atoms with Gasteiger partial charge in [-0.1, -0.05) is 19.8 Å². The highest BCUT2D eigenvalue weighted by atomic mass is 16.5. The summed E-state index contributed by atoms with van der Waals surface area (Å²) < 4.78 is 5.38. The molecular formula is C16H27NO2. The van der Waals surface area contributed by atoms with Crippen molar-refractivity contribution in [3.63, 3.8) is 0 Å². The molecule has 0 amide bonds. The first-order valence-corrected chi connectivity index (χ1v) is 8.07. The average Bonchev–Trinajstić information content (AvgIpc) is 2.59. The zero-order valence-electron chi connectivity index (χ0n) is 12.1. The summed E-state index contributed by atoms with van der Waals surface area (Å²) in [6.45, 7) is 3.37. The highest BCUT2D eigenvalue weighted by Crippen LogP contribution is 2.70. The second-order valence-corrected chi connectivity index (χ2v) is 6.98. The monoisotopic (exact) mass is 265 g/mol. The molecule has 2 bridgehead atoms. The lowest BCUT2D eigenvalue weighted by Gasteiger charge is -2.59. The van der Waals surface area contributed by atoms with Crippen LogP contribution in [-0.4, -0.2) is 19.1 Å². The van der Waals surface area contributed by atoms with Gasteiger partial charge in [-0.2, -0.15) is 0 Å². The molecule has 0 radical (unpaired) electrons. The maximum absolute atomic E-state index is 12.1. The van der Waals surface area contributed by atoms with Crippen LogP contribution in [0.25, 0.3) is 0 Å². The molecule has 0 spiro atoms. The van der Waals surface area contributed by atoms with E-state index < -0.39 is 0 Å². The van der Waals surface area contributed by atoms with Crippen molar-refractivity contribution in [3.05, 3.63) is 0 Å². The smallest absolute Gasteiger partial charge is 0.306 e. The molecule has 3 aliphatic carbocycles. The summed E-state index contributed by atoms with van der Waals surface area (Å²) in [7, 11) is 0. The largest absolute Gasteiger partial charge is 0.466 e. The normalized spacial score (nSPS) is 42.8. The first-order chi connectivity index (χ1) is 9.21. The topological polar surface area (TPSA) is 52.3 Å². The Hall–Kier alpha value is -0.570. The summed E-state index contributed by atoms with van der Waals surface area (Å²) in [6, 6.07) is 0. The molecule has 3 fully saturated rings. The SMILES string of the molecule is CCCCOC(=O)C[C@]1(CN)[C@@H]2C[C@@H]3CC[C@H]1[C@H]2C3. The zero-order valence-corrected chi connectivity index (χ0v) is 12.1. The van der Waals surface area contributed by atoms with Gasteiger partial charge in [-0.3, -0.25) is 4.79 Å². The van der Waals surface area contributed by atoms with Crippen molar-refractivity contribution in [2.45, 2.75) is 51.9 Å². The van der Waals surface area contributed by atoms with Crippen LogP contribution in [0.1, 0.15) is 51.9 Å². The van der Waals surface area contributed by atoms with Gasteiger partial charge in [0.25, 0.3) is 0 Å². The second-order valence-electron chi connectivity index (χ2n) is 6.98. The minimum absolute atomic E-state index is 0.00676. The summed E-state index contributed by atoms with van der Waals surface area (Å²) in [5, 5.41) is 0. The Bertz CT molecular complexity index is 349. The van der Waals surface area contributed by atoms with Crippen molar-refractivity contribution in [2.24, 2.45) is 34.8 Å². The Kier molecular flexibility index (Phi) is 3.59. The van der Waals surface area contributed by atoms with Crippen molar-refractivity contribution >= 4 is 5.97 Å². The van der Waals surface area contributed by atoms with Gasteiger partial charge in [0.2, 0.25) is 0 Å². The Balaban J connectivity index is 1.63. The van der Waals surface area contributed by atoms with Crippen LogP contribution in [0.5, 0.6) is 0 Å². The highest BCUT2D eigenvalue weighted by Gasteiger charge is 2.65. The van der Waals surface area contributed by atoms with Gasteiger partial charge in [0.15, 0.2) is 0 Å². The number of ether oxygens (including phenoxy) is 1. The Morgan fingerprint density at radius 2 is 2.16 bits per heavy atom. The van der Waals surface area contributed by atoms with Gasteiger partial charge in [-0.25, -0.2) is 0 Å². The fraction of sp³-hybridized carbons (Fsp3) is 0.938. The van der Waals surface area contributed by atoms with Crippen molar-refractivity contribution in [3.8, 4) is 0 Å². The van der Waals surface area contributed by atoms with E-state index in [1.165, 1.54) is 25.7 Å². The maximum Gasteiger partial charge on any atom is 0.306 e. The highest BCUT2D eigenvalue weighted by molar-refractivity contribution is 5.70. The van der Waals surface area contributed by atoms with E-state index in [1.807, 2.05) is 0 Å². The molecule has 5 atom stereocenters. The second kappa shape index (κ2) is 5.08. The van der Waals surface area contributed by atoms with Gasteiger partial charge in [0.1, 0.15) is 0 Å². The molecule has 108 valence electrons. The molecule has 0 aromatic carbocycles. The van der Waals surface area contributed by atoms with Gasteiger partial charge >= 0.3 is 5.97 Å². The van der Waals surface area contributed by atoms with E-state index in [0.717, 1.165) is 24.7 Å². The Labute approximate surface area is 116 Å². The van der Waals surface area contributed by atoms with E-state index in [1.54, 1.807) is 0 Å². The minimum atomic E-state index is -0.00676. The molecule has 0 aromatic heterocycles. The molecule has 0 aromatic rings. The summed E-state index contributed by atoms with van der Waals surface area (Å²) in [5.41, 5.74) is 6.20. The van der Waals surface area contributed by atoms with Crippen LogP contribution < -0.4 is 5.73 Å². The van der Waals surface area contributed by atoms with E-state index in [2.05, 4.69) is 6.92 Å². The van der Waals surface area contributed by atoms with E-state index in [0.29, 0.717) is 31.4 Å². The van der Waals surface area contributed by atoms with Crippen molar-refractivity contribution in [2.75, 3.05) is 13.2 Å². The molecule has 3 nitrogen and oxygen atoms in total. The van der Waals surface area contributed by atoms with Crippen LogP contribution in [0.4, 0.5) is 0 Å². The fourth-order valence-corrected chi connectivity index (χ4v) is 5.31. The number of nitrogens with two attached hydrogens (primary N) is 1. The summed E-state index contributed by atoms with van der Waals surface area (Å²) >= 11 is 0. The van der Waals surface area contributed by atoms with Crippen molar-refractivity contribution < 1.29 is 9.53 Å². The number of hydrogen-bond donors (Lipinski definition) is 1. The quantitative estimate of drug-likeness (QED) is 0.593. The van der Waals surface area contributed by atoms with Crippen LogP contribution in [0.2, 0.25) is 0 Å². The number of carbonyl (C=O) groups excluding carboxylic acids is 1. The Morgan fingerprint density at radius 3 is 2.89 bits per heavy atom. The number of carbonyl (C=O) groups is 1. The molecule has 0 saturated heterocycles. The van der Waals surface area contributed by atoms with Crippen LogP contribution in [0, 0.1) is 29.1 Å². The van der Waals surface area contributed by atoms with E-state index >= 15 is 0 Å². The molecule has 3 rings (SSSR count). The van der Waals surface area contributed by atoms with Gasteiger partial charge in [0.05, 0.1) is 13.0 Å². The van der Waals surface area contributed by atoms with Crippen molar-refractivity contribution in [1.82, 2.24) is 0 Å². The van der Waals surface area contributed by atoms with Crippen LogP contribution in [-0.2, 0) is 9.53 Å². The molecule has 19 heavy (non-hydrogen) atoms. The third-order valence-corrected chi connectivity index (χ3v) is 6.20. The lowest BCUT2D eigenvalue weighted by atomic mass is 9.45. The number of esters is 1. The standard InChI is InChI=1S/C16H27NO2/c1-2-3-6-19-15(18)9-16(10-17)13-5-4-11-7-12(13)14(16)8-11/h11-14H,2-10,17H2,1H3/t11-,12-,13+,14-,16-/m1/s1. The summed E-state index contributed by atoms with van der Waals surface area (Å²) in [5.74, 6) is 3.22. The molecule has 2 N–H and O–H groups in total. The van der Waals surface area contributed by atoms with Crippen molar-refractivity contribution in [1.29, 1.82) is 0 Å². The molecule has 0 aliphatic heterocycles. The van der Waals surface area contributed by atoms with E-state index in [-0.39, 0.29) is 11.4 Å². The zero-order chi connectivity index (χ0) is 13.5. The Morgan fingerprint density at radius 1 is 1.32 bits per heavy atom. The van der Waals surface area contributed by atoms with E-state index in [4.69, 9.17) is 10.5 Å². The average molecular weight is 265 g/mol. The summed E-state index contributed by atoms with van der Waals surface area (Å²) in [6.07, 6.45) is 8.01.